The standard InChI is InChI=1S/C17H15N3O3/c21-15(8-2-1-5-18-7-8)19-20-16(22)13-9-3-4-10(12-6-11(9)12)14(13)17(20)23/h1-5,7,9-14H,6H2,(H,19,21)/t9-,10-,11-,12+,13+,14-/m1/s1. The molecule has 1 aromatic heterocycles. The summed E-state index contributed by atoms with van der Waals surface area (Å²) in [5.41, 5.74) is 2.80. The number of nitrogens with one attached hydrogen (secondary N) is 1. The van der Waals surface area contributed by atoms with E-state index in [4.69, 9.17) is 0 Å². The smallest absolute Gasteiger partial charge is 0.271 e. The van der Waals surface area contributed by atoms with Crippen LogP contribution in [0.5, 0.6) is 0 Å². The first-order chi connectivity index (χ1) is 11.2. The highest BCUT2D eigenvalue weighted by Gasteiger charge is 2.67. The fourth-order valence-electron chi connectivity index (χ4n) is 4.73. The van der Waals surface area contributed by atoms with Gasteiger partial charge in [0.15, 0.2) is 0 Å². The Balaban J connectivity index is 1.42. The van der Waals surface area contributed by atoms with Crippen LogP contribution in [0, 0.1) is 35.5 Å². The second kappa shape index (κ2) is 4.28. The van der Waals surface area contributed by atoms with Gasteiger partial charge >= 0.3 is 0 Å². The van der Waals surface area contributed by atoms with E-state index in [2.05, 4.69) is 22.6 Å². The summed E-state index contributed by atoms with van der Waals surface area (Å²) in [6.07, 6.45) is 8.31. The number of allylic oxidation sites excluding steroid dienone is 2. The summed E-state index contributed by atoms with van der Waals surface area (Å²) in [6, 6.07) is 3.24. The Morgan fingerprint density at radius 3 is 2.35 bits per heavy atom. The summed E-state index contributed by atoms with van der Waals surface area (Å²) < 4.78 is 0. The van der Waals surface area contributed by atoms with Crippen LogP contribution in [-0.2, 0) is 9.59 Å². The van der Waals surface area contributed by atoms with E-state index in [1.54, 1.807) is 18.3 Å². The van der Waals surface area contributed by atoms with E-state index in [9.17, 15) is 14.4 Å². The third-order valence-corrected chi connectivity index (χ3v) is 5.80. The van der Waals surface area contributed by atoms with Crippen molar-refractivity contribution in [3.8, 4) is 0 Å². The SMILES string of the molecule is O=C(NN1C(=O)[C@@H]2[C@@H]3C=C[C@H]([C@H]4C[C@@H]34)[C@@H]2C1=O)c1cccnc1. The van der Waals surface area contributed by atoms with Gasteiger partial charge in [-0.25, -0.2) is 0 Å². The Labute approximate surface area is 132 Å². The lowest BCUT2D eigenvalue weighted by Gasteiger charge is -2.37. The Morgan fingerprint density at radius 1 is 1.13 bits per heavy atom. The summed E-state index contributed by atoms with van der Waals surface area (Å²) in [5.74, 6) is -0.175. The fraction of sp³-hybridized carbons (Fsp3) is 0.412. The van der Waals surface area contributed by atoms with Gasteiger partial charge in [0.1, 0.15) is 0 Å². The van der Waals surface area contributed by atoms with Crippen molar-refractivity contribution in [3.63, 3.8) is 0 Å². The molecule has 3 amide bonds. The maximum Gasteiger partial charge on any atom is 0.271 e. The van der Waals surface area contributed by atoms with Crippen LogP contribution in [-0.4, -0.2) is 27.7 Å². The number of amides is 3. The number of imide groups is 1. The van der Waals surface area contributed by atoms with E-state index in [1.165, 1.54) is 6.20 Å². The third-order valence-electron chi connectivity index (χ3n) is 5.80. The van der Waals surface area contributed by atoms with Gasteiger partial charge in [-0.15, -0.1) is 0 Å². The molecule has 6 heteroatoms. The normalized spacial score (nSPS) is 39.2. The lowest BCUT2D eigenvalue weighted by Crippen LogP contribution is -2.46. The van der Waals surface area contributed by atoms with E-state index in [0.29, 0.717) is 17.4 Å². The molecule has 1 N–H and O–H groups in total. The lowest BCUT2D eigenvalue weighted by atomic mass is 9.63. The molecule has 6 atom stereocenters. The van der Waals surface area contributed by atoms with Gasteiger partial charge in [0.05, 0.1) is 17.4 Å². The number of hydrogen-bond donors (Lipinski definition) is 1. The highest BCUT2D eigenvalue weighted by molar-refractivity contribution is 6.08. The van der Waals surface area contributed by atoms with Gasteiger partial charge in [-0.1, -0.05) is 12.2 Å². The molecule has 5 aliphatic rings. The second-order valence-electron chi connectivity index (χ2n) is 6.85. The average Bonchev–Trinajstić information content (AvgIpc) is 3.37. The first-order valence-corrected chi connectivity index (χ1v) is 7.94. The molecule has 2 saturated carbocycles. The minimum absolute atomic E-state index is 0.159. The molecule has 23 heavy (non-hydrogen) atoms. The predicted octanol–water partition coefficient (Wildman–Crippen LogP) is 0.779. The molecule has 1 saturated heterocycles. The molecule has 0 unspecified atom stereocenters. The number of nitrogens with zero attached hydrogens (tertiary/aromatic N) is 2. The maximum absolute atomic E-state index is 12.7. The Hall–Kier alpha value is -2.50. The zero-order valence-electron chi connectivity index (χ0n) is 12.3. The average molecular weight is 309 g/mol. The van der Waals surface area contributed by atoms with Gasteiger partial charge in [0, 0.05) is 12.4 Å². The van der Waals surface area contributed by atoms with E-state index in [1.807, 2.05) is 0 Å². The summed E-state index contributed by atoms with van der Waals surface area (Å²) in [6.45, 7) is 0. The summed E-state index contributed by atoms with van der Waals surface area (Å²) in [4.78, 5) is 41.5. The first-order valence-electron chi connectivity index (χ1n) is 7.94. The lowest BCUT2D eigenvalue weighted by molar-refractivity contribution is -0.143. The molecule has 6 nitrogen and oxygen atoms in total. The summed E-state index contributed by atoms with van der Waals surface area (Å²) in [7, 11) is 0. The summed E-state index contributed by atoms with van der Waals surface area (Å²) in [5, 5.41) is 0.947. The maximum atomic E-state index is 12.7. The van der Waals surface area contributed by atoms with Crippen molar-refractivity contribution in [2.75, 3.05) is 0 Å². The van der Waals surface area contributed by atoms with Crippen LogP contribution in [0.2, 0.25) is 0 Å². The van der Waals surface area contributed by atoms with Gasteiger partial charge in [0.2, 0.25) is 0 Å². The van der Waals surface area contributed by atoms with E-state index in [0.717, 1.165) is 11.4 Å². The summed E-state index contributed by atoms with van der Waals surface area (Å²) >= 11 is 0. The van der Waals surface area contributed by atoms with Gasteiger partial charge in [-0.05, 0) is 42.2 Å². The molecule has 116 valence electrons. The van der Waals surface area contributed by atoms with E-state index in [-0.39, 0.29) is 35.5 Å². The Kier molecular flexibility index (Phi) is 2.42. The van der Waals surface area contributed by atoms with Gasteiger partial charge in [-0.2, -0.15) is 5.01 Å². The van der Waals surface area contributed by atoms with Crippen molar-refractivity contribution in [1.29, 1.82) is 0 Å². The zero-order valence-corrected chi connectivity index (χ0v) is 12.3. The minimum Gasteiger partial charge on any atom is -0.272 e. The van der Waals surface area contributed by atoms with Crippen molar-refractivity contribution in [2.24, 2.45) is 35.5 Å². The van der Waals surface area contributed by atoms with Crippen molar-refractivity contribution in [1.82, 2.24) is 15.4 Å². The molecular weight excluding hydrogens is 294 g/mol. The number of carbonyl (C=O) groups excluding carboxylic acids is 3. The number of aromatic nitrogens is 1. The van der Waals surface area contributed by atoms with Crippen molar-refractivity contribution < 1.29 is 14.4 Å². The monoisotopic (exact) mass is 309 g/mol. The molecule has 0 aromatic carbocycles. The van der Waals surface area contributed by atoms with Crippen molar-refractivity contribution in [2.45, 2.75) is 6.42 Å². The molecule has 2 bridgehead atoms. The van der Waals surface area contributed by atoms with Crippen LogP contribution in [0.1, 0.15) is 16.8 Å². The topological polar surface area (TPSA) is 79.4 Å². The quantitative estimate of drug-likeness (QED) is 0.647. The third kappa shape index (κ3) is 1.63. The highest BCUT2D eigenvalue weighted by atomic mass is 16.2. The molecule has 6 rings (SSSR count). The fourth-order valence-corrected chi connectivity index (χ4v) is 4.73. The first kappa shape index (κ1) is 13.0. The zero-order chi connectivity index (χ0) is 15.7. The molecule has 2 heterocycles. The van der Waals surface area contributed by atoms with Crippen LogP contribution < -0.4 is 5.43 Å². The Morgan fingerprint density at radius 2 is 1.78 bits per heavy atom. The van der Waals surface area contributed by atoms with Crippen LogP contribution in [0.25, 0.3) is 0 Å². The number of hydrogen-bond acceptors (Lipinski definition) is 4. The number of hydrazine groups is 1. The molecule has 3 fully saturated rings. The molecule has 1 aliphatic heterocycles. The van der Waals surface area contributed by atoms with Crippen molar-refractivity contribution in [3.05, 3.63) is 42.2 Å². The molecule has 4 aliphatic carbocycles. The van der Waals surface area contributed by atoms with Crippen molar-refractivity contribution >= 4 is 17.7 Å². The highest BCUT2D eigenvalue weighted by Crippen LogP contribution is 2.65. The van der Waals surface area contributed by atoms with Crippen LogP contribution in [0.15, 0.2) is 36.7 Å². The van der Waals surface area contributed by atoms with Gasteiger partial charge in [-0.3, -0.25) is 24.8 Å². The predicted molar refractivity (Wildman–Crippen MR) is 78.3 cm³/mol. The van der Waals surface area contributed by atoms with E-state index >= 15 is 0 Å². The molecular formula is C17H15N3O3. The Bertz CT molecular complexity index is 724. The van der Waals surface area contributed by atoms with Crippen LogP contribution in [0.4, 0.5) is 0 Å². The molecule has 1 aromatic rings. The largest absolute Gasteiger partial charge is 0.272 e. The van der Waals surface area contributed by atoms with Gasteiger partial charge in [0.25, 0.3) is 17.7 Å². The number of pyridine rings is 1. The molecule has 0 spiro atoms. The second-order valence-corrected chi connectivity index (χ2v) is 6.85. The van der Waals surface area contributed by atoms with Crippen LogP contribution in [0.3, 0.4) is 0 Å². The van der Waals surface area contributed by atoms with Gasteiger partial charge < -0.3 is 0 Å². The van der Waals surface area contributed by atoms with E-state index < -0.39 is 5.91 Å². The minimum atomic E-state index is -0.482. The number of carbonyl (C=O) groups is 3. The number of rotatable bonds is 2. The molecule has 0 radical (unpaired) electrons. The van der Waals surface area contributed by atoms with Crippen LogP contribution >= 0.6 is 0 Å².